The summed E-state index contributed by atoms with van der Waals surface area (Å²) in [5.74, 6) is 2.23. The second-order valence-corrected chi connectivity index (χ2v) is 14.0. The number of alkyl halides is 1. The topological polar surface area (TPSA) is 31.4 Å². The van der Waals surface area contributed by atoms with Gasteiger partial charge in [-0.1, -0.05) is 0 Å². The first-order valence-electron chi connectivity index (χ1n) is 12.4. The summed E-state index contributed by atoms with van der Waals surface area (Å²) in [6.45, 7) is 11.2. The van der Waals surface area contributed by atoms with Crippen molar-refractivity contribution in [2.75, 3.05) is 0 Å². The molecule has 0 aliphatic carbocycles. The van der Waals surface area contributed by atoms with Gasteiger partial charge in [-0.2, -0.15) is 0 Å². The molecule has 1 unspecified atom stereocenters. The molecule has 0 saturated carbocycles. The normalized spacial score (nSPS) is 18.5. The molecule has 0 bridgehead atoms. The van der Waals surface area contributed by atoms with Crippen molar-refractivity contribution in [1.82, 2.24) is 4.98 Å². The molecule has 2 atom stereocenters. The summed E-state index contributed by atoms with van der Waals surface area (Å²) < 4.78 is 16.8. The average molecular weight is 599 g/mol. The summed E-state index contributed by atoms with van der Waals surface area (Å²) in [6.07, 6.45) is 6.20. The number of allylic oxidation sites excluding steroid dienone is 1. The molecule has 4 aromatic rings. The molecule has 1 aliphatic heterocycles. The minimum absolute atomic E-state index is 0.119. The van der Waals surface area contributed by atoms with Crippen molar-refractivity contribution in [3.63, 3.8) is 0 Å². The number of nitrogens with zero attached hydrogens (tertiary/aromatic N) is 1. The molecule has 0 N–H and O–H groups in total. The molecular formula is C30H33INO2S-. The van der Waals surface area contributed by atoms with Crippen LogP contribution in [0.5, 0.6) is 0 Å². The van der Waals surface area contributed by atoms with Gasteiger partial charge in [0.25, 0.3) is 0 Å². The van der Waals surface area contributed by atoms with Crippen molar-refractivity contribution < 1.29 is 30.7 Å². The average Bonchev–Trinajstić information content (AvgIpc) is 3.17. The standard InChI is InChI=1S/C30H33INO2S/c1-18(2)13-21-15-22(14-19(3)4)34-30(33-21)31-26-16-24-23-10-8-9-20(5)29(23)35-28(24)17-25(26)27-11-6-7-12-32-27/h6-12,15-19,21,30H,13-14H2,1-5H3/q-1/t21?,30-/m1/s1. The summed E-state index contributed by atoms with van der Waals surface area (Å²) in [4.78, 5) is 4.72. The van der Waals surface area contributed by atoms with Crippen LogP contribution in [-0.2, 0) is 9.47 Å². The van der Waals surface area contributed by atoms with Gasteiger partial charge in [-0.25, -0.2) is 0 Å². The van der Waals surface area contributed by atoms with E-state index in [1.54, 1.807) is 0 Å². The zero-order valence-electron chi connectivity index (χ0n) is 21.0. The van der Waals surface area contributed by atoms with E-state index in [0.29, 0.717) is 11.8 Å². The number of pyridine rings is 1. The van der Waals surface area contributed by atoms with Gasteiger partial charge in [0, 0.05) is 0 Å². The van der Waals surface area contributed by atoms with E-state index in [-0.39, 0.29) is 10.4 Å². The summed E-state index contributed by atoms with van der Waals surface area (Å²) in [5, 5.41) is 2.67. The quantitative estimate of drug-likeness (QED) is 0.212. The van der Waals surface area contributed by atoms with Crippen LogP contribution in [0.2, 0.25) is 0 Å². The van der Waals surface area contributed by atoms with E-state index in [0.717, 1.165) is 24.3 Å². The van der Waals surface area contributed by atoms with Gasteiger partial charge in [-0.3, -0.25) is 0 Å². The molecule has 3 nitrogen and oxygen atoms in total. The Balaban J connectivity index is 1.57. The van der Waals surface area contributed by atoms with E-state index in [4.69, 9.17) is 14.5 Å². The Bertz CT molecular complexity index is 1360. The minimum atomic E-state index is -0.589. The van der Waals surface area contributed by atoms with Crippen LogP contribution in [0.25, 0.3) is 31.4 Å². The van der Waals surface area contributed by atoms with Crippen LogP contribution in [0.15, 0.2) is 66.6 Å². The second-order valence-electron chi connectivity index (χ2n) is 10.1. The van der Waals surface area contributed by atoms with Crippen molar-refractivity contribution in [1.29, 1.82) is 0 Å². The van der Waals surface area contributed by atoms with Crippen LogP contribution >= 0.6 is 11.3 Å². The molecule has 2 aromatic heterocycles. The maximum atomic E-state index is 6.54. The molecule has 0 amide bonds. The van der Waals surface area contributed by atoms with Gasteiger partial charge in [0.05, 0.1) is 0 Å². The number of rotatable bonds is 7. The maximum absolute atomic E-state index is 6.54. The Kier molecular flexibility index (Phi) is 7.47. The van der Waals surface area contributed by atoms with E-state index < -0.39 is 21.2 Å². The van der Waals surface area contributed by atoms with Crippen molar-refractivity contribution in [3.8, 4) is 11.3 Å². The molecule has 0 saturated heterocycles. The molecule has 2 aromatic carbocycles. The van der Waals surface area contributed by atoms with Crippen LogP contribution in [0.1, 0.15) is 46.1 Å². The van der Waals surface area contributed by atoms with Crippen LogP contribution < -0.4 is 21.2 Å². The predicted molar refractivity (Wildman–Crippen MR) is 143 cm³/mol. The summed E-state index contributed by atoms with van der Waals surface area (Å²) >= 11 is 1.29. The van der Waals surface area contributed by atoms with Gasteiger partial charge >= 0.3 is 224 Å². The molecule has 35 heavy (non-hydrogen) atoms. The number of hydrogen-bond donors (Lipinski definition) is 0. The molecule has 0 spiro atoms. The number of fused-ring (bicyclic) bond motifs is 3. The Labute approximate surface area is 222 Å². The Morgan fingerprint density at radius 1 is 1.00 bits per heavy atom. The summed E-state index contributed by atoms with van der Waals surface area (Å²) in [5.41, 5.74) is 3.56. The fourth-order valence-electron chi connectivity index (χ4n) is 4.59. The Hall–Kier alpha value is -1.96. The van der Waals surface area contributed by atoms with Crippen molar-refractivity contribution in [2.45, 2.75) is 57.9 Å². The Morgan fingerprint density at radius 3 is 2.60 bits per heavy atom. The number of hydrogen-bond acceptors (Lipinski definition) is 4. The fraction of sp³-hybridized carbons (Fsp3) is 0.367. The summed E-state index contributed by atoms with van der Waals surface area (Å²) in [7, 11) is 0. The van der Waals surface area contributed by atoms with Gasteiger partial charge in [-0.05, 0) is 0 Å². The number of thiophene rings is 1. The third kappa shape index (κ3) is 5.57. The first kappa shape index (κ1) is 24.7. The molecule has 0 fully saturated rings. The molecule has 0 radical (unpaired) electrons. The predicted octanol–water partition coefficient (Wildman–Crippen LogP) is 5.36. The molecular weight excluding hydrogens is 565 g/mol. The van der Waals surface area contributed by atoms with E-state index in [2.05, 4.69) is 83.2 Å². The first-order valence-corrected chi connectivity index (χ1v) is 15.5. The van der Waals surface area contributed by atoms with E-state index in [1.165, 1.54) is 34.9 Å². The number of ether oxygens (including phenoxy) is 2. The third-order valence-corrected chi connectivity index (χ3v) is 10.1. The number of aryl methyl sites for hydroxylation is 1. The van der Waals surface area contributed by atoms with E-state index in [9.17, 15) is 0 Å². The van der Waals surface area contributed by atoms with Crippen LogP contribution in [0, 0.1) is 22.3 Å². The fourth-order valence-corrected chi connectivity index (χ4v) is 8.56. The van der Waals surface area contributed by atoms with Crippen LogP contribution in [0.3, 0.4) is 0 Å². The van der Waals surface area contributed by atoms with Crippen LogP contribution in [-0.4, -0.2) is 15.4 Å². The third-order valence-electron chi connectivity index (χ3n) is 6.14. The number of aromatic nitrogens is 1. The second kappa shape index (κ2) is 10.6. The van der Waals surface area contributed by atoms with Crippen LogP contribution in [0.4, 0.5) is 0 Å². The Morgan fingerprint density at radius 2 is 1.86 bits per heavy atom. The molecule has 184 valence electrons. The van der Waals surface area contributed by atoms with Crippen molar-refractivity contribution in [2.24, 2.45) is 11.8 Å². The van der Waals surface area contributed by atoms with Gasteiger partial charge < -0.3 is 0 Å². The monoisotopic (exact) mass is 598 g/mol. The van der Waals surface area contributed by atoms with Gasteiger partial charge in [-0.15, -0.1) is 0 Å². The zero-order chi connectivity index (χ0) is 24.5. The number of halogens is 1. The number of benzene rings is 2. The SMILES string of the molecule is Cc1cccc2c1sc1cc(-c3ccccn3)c([I-][C@H]3OC(CC(C)C)=CC(CC(C)C)O3)cc12. The molecule has 5 rings (SSSR count). The summed E-state index contributed by atoms with van der Waals surface area (Å²) in [6, 6.07) is 17.5. The zero-order valence-corrected chi connectivity index (χ0v) is 24.0. The van der Waals surface area contributed by atoms with Crippen molar-refractivity contribution in [3.05, 3.63) is 75.7 Å². The first-order chi connectivity index (χ1) is 16.9. The van der Waals surface area contributed by atoms with Gasteiger partial charge in [0.1, 0.15) is 0 Å². The van der Waals surface area contributed by atoms with Gasteiger partial charge in [0.2, 0.25) is 0 Å². The van der Waals surface area contributed by atoms with E-state index in [1.807, 2.05) is 23.6 Å². The molecule has 3 heterocycles. The van der Waals surface area contributed by atoms with Crippen molar-refractivity contribution >= 4 is 31.5 Å². The van der Waals surface area contributed by atoms with E-state index >= 15 is 0 Å². The molecule has 1 aliphatic rings. The van der Waals surface area contributed by atoms with Gasteiger partial charge in [0.15, 0.2) is 0 Å². The molecule has 5 heteroatoms.